The number of thioether (sulfide) groups is 1. The summed E-state index contributed by atoms with van der Waals surface area (Å²) in [5, 5.41) is 16.4. The van der Waals surface area contributed by atoms with E-state index in [0.29, 0.717) is 0 Å². The van der Waals surface area contributed by atoms with Gasteiger partial charge in [-0.15, -0.1) is 0 Å². The van der Waals surface area contributed by atoms with Crippen molar-refractivity contribution in [2.45, 2.75) is 22.6 Å². The van der Waals surface area contributed by atoms with Gasteiger partial charge in [0, 0.05) is 15.8 Å². The number of aliphatic imine (C=N–C) groups is 1. The van der Waals surface area contributed by atoms with Crippen LogP contribution in [0.1, 0.15) is 40.0 Å². The molecule has 6 aromatic rings. The summed E-state index contributed by atoms with van der Waals surface area (Å²) in [5.74, 6) is 0.897. The van der Waals surface area contributed by atoms with Crippen molar-refractivity contribution in [1.29, 1.82) is 0 Å². The summed E-state index contributed by atoms with van der Waals surface area (Å²) >= 11 is 1.89. The maximum absolute atomic E-state index is 5.13. The summed E-state index contributed by atoms with van der Waals surface area (Å²) in [6.45, 7) is 0. The van der Waals surface area contributed by atoms with Crippen molar-refractivity contribution >= 4 is 44.8 Å². The highest BCUT2D eigenvalue weighted by Gasteiger charge is 2.27. The molecule has 0 saturated carbocycles. The maximum atomic E-state index is 5.13. The standard InChI is InChI=1S/C36H28N4S/c1-3-10-24(11-4-1)33-38-34(25-12-5-2-6-13-25)40-35(39-33)28-17-19-30-27(22-28)18-20-31-32(30)37-36(41-31)29-16-15-23-9-7-8-14-26(23)21-29/h1-22,33,35-37,39H,(H,38,40). The van der Waals surface area contributed by atoms with E-state index in [1.165, 1.54) is 43.3 Å². The van der Waals surface area contributed by atoms with E-state index < -0.39 is 0 Å². The van der Waals surface area contributed by atoms with Crippen molar-refractivity contribution in [3.8, 4) is 0 Å². The van der Waals surface area contributed by atoms with Gasteiger partial charge in [0.1, 0.15) is 23.5 Å². The largest absolute Gasteiger partial charge is 0.368 e. The minimum absolute atomic E-state index is 0.0506. The summed E-state index contributed by atoms with van der Waals surface area (Å²) < 4.78 is 0. The van der Waals surface area contributed by atoms with Crippen molar-refractivity contribution in [2.24, 2.45) is 4.99 Å². The third-order valence-electron chi connectivity index (χ3n) is 7.96. The Bertz CT molecular complexity index is 1920. The molecule has 6 aromatic carbocycles. The number of hydrogen-bond donors (Lipinski definition) is 3. The molecule has 5 heteroatoms. The normalized spacial score (nSPS) is 19.8. The number of fused-ring (bicyclic) bond motifs is 4. The Morgan fingerprint density at radius 1 is 0.561 bits per heavy atom. The minimum Gasteiger partial charge on any atom is -0.368 e. The average molecular weight is 549 g/mol. The zero-order chi connectivity index (χ0) is 27.2. The minimum atomic E-state index is -0.179. The monoisotopic (exact) mass is 548 g/mol. The highest BCUT2D eigenvalue weighted by molar-refractivity contribution is 8.00. The Labute approximate surface area is 243 Å². The Hall–Kier alpha value is -4.58. The number of nitrogens with one attached hydrogen (secondary N) is 3. The fraction of sp³-hybridized carbons (Fsp3) is 0.0833. The van der Waals surface area contributed by atoms with Crippen molar-refractivity contribution in [2.75, 3.05) is 5.32 Å². The number of hydrogen-bond acceptors (Lipinski definition) is 5. The lowest BCUT2D eigenvalue weighted by Crippen LogP contribution is -2.44. The van der Waals surface area contributed by atoms with Crippen LogP contribution in [0.5, 0.6) is 0 Å². The van der Waals surface area contributed by atoms with Crippen LogP contribution in [0.3, 0.4) is 0 Å². The molecule has 0 saturated heterocycles. The molecule has 2 aliphatic rings. The van der Waals surface area contributed by atoms with Crippen LogP contribution >= 0.6 is 11.8 Å². The molecule has 3 atom stereocenters. The predicted octanol–water partition coefficient (Wildman–Crippen LogP) is 8.55. The number of benzene rings is 6. The van der Waals surface area contributed by atoms with Crippen LogP contribution in [0, 0.1) is 0 Å². The van der Waals surface area contributed by atoms with Gasteiger partial charge in [-0.25, -0.2) is 4.99 Å². The zero-order valence-corrected chi connectivity index (χ0v) is 23.1. The molecule has 2 heterocycles. The molecule has 0 aliphatic carbocycles. The third-order valence-corrected chi connectivity index (χ3v) is 9.18. The fourth-order valence-corrected chi connectivity index (χ4v) is 6.99. The number of amidine groups is 1. The van der Waals surface area contributed by atoms with E-state index in [0.717, 1.165) is 17.0 Å². The Balaban J connectivity index is 1.13. The van der Waals surface area contributed by atoms with Crippen LogP contribution in [-0.4, -0.2) is 5.84 Å². The SMILES string of the molecule is c1ccc(C2=NC(c3ccc4c5c(ccc4c3)SC(c3ccc4ccccc4c3)N5)NC(c3ccccc3)N2)cc1. The molecule has 0 spiro atoms. The van der Waals surface area contributed by atoms with E-state index in [4.69, 9.17) is 4.99 Å². The highest BCUT2D eigenvalue weighted by atomic mass is 32.2. The highest BCUT2D eigenvalue weighted by Crippen LogP contribution is 2.49. The van der Waals surface area contributed by atoms with Gasteiger partial charge in [0.05, 0.1) is 5.69 Å². The van der Waals surface area contributed by atoms with Gasteiger partial charge in [-0.2, -0.15) is 0 Å². The molecule has 3 unspecified atom stereocenters. The van der Waals surface area contributed by atoms with Crippen LogP contribution in [0.2, 0.25) is 0 Å². The fourth-order valence-electron chi connectivity index (χ4n) is 5.84. The molecule has 4 nitrogen and oxygen atoms in total. The topological polar surface area (TPSA) is 48.5 Å². The van der Waals surface area contributed by atoms with Crippen LogP contribution in [0.4, 0.5) is 5.69 Å². The van der Waals surface area contributed by atoms with Gasteiger partial charge in [-0.3, -0.25) is 5.32 Å². The van der Waals surface area contributed by atoms with E-state index in [1.807, 2.05) is 17.8 Å². The Morgan fingerprint density at radius 3 is 2.12 bits per heavy atom. The molecule has 0 amide bonds. The molecular weight excluding hydrogens is 520 g/mol. The quantitative estimate of drug-likeness (QED) is 0.207. The third kappa shape index (κ3) is 4.53. The number of nitrogens with zero attached hydrogens (tertiary/aromatic N) is 1. The molecule has 2 aliphatic heterocycles. The van der Waals surface area contributed by atoms with Gasteiger partial charge in [0.2, 0.25) is 0 Å². The van der Waals surface area contributed by atoms with Crippen LogP contribution in [0.25, 0.3) is 21.5 Å². The lowest BCUT2D eigenvalue weighted by atomic mass is 10.0. The first-order chi connectivity index (χ1) is 20.3. The van der Waals surface area contributed by atoms with Crippen LogP contribution in [0.15, 0.2) is 143 Å². The van der Waals surface area contributed by atoms with Crippen molar-refractivity contribution < 1.29 is 0 Å². The summed E-state index contributed by atoms with van der Waals surface area (Å²) in [6, 6.07) is 47.4. The molecular formula is C36H28N4S. The maximum Gasteiger partial charge on any atom is 0.131 e. The van der Waals surface area contributed by atoms with Crippen LogP contribution in [-0.2, 0) is 0 Å². The van der Waals surface area contributed by atoms with E-state index in [2.05, 4.69) is 143 Å². The van der Waals surface area contributed by atoms with E-state index >= 15 is 0 Å². The second kappa shape index (κ2) is 10.1. The van der Waals surface area contributed by atoms with E-state index in [1.54, 1.807) is 0 Å². The molecule has 41 heavy (non-hydrogen) atoms. The summed E-state index contributed by atoms with van der Waals surface area (Å²) in [5.41, 5.74) is 5.92. The van der Waals surface area contributed by atoms with Crippen molar-refractivity contribution in [1.82, 2.24) is 10.6 Å². The van der Waals surface area contributed by atoms with Gasteiger partial charge < -0.3 is 10.6 Å². The van der Waals surface area contributed by atoms with Crippen LogP contribution < -0.4 is 16.0 Å². The van der Waals surface area contributed by atoms with E-state index in [9.17, 15) is 0 Å². The van der Waals surface area contributed by atoms with Gasteiger partial charge >= 0.3 is 0 Å². The predicted molar refractivity (Wildman–Crippen MR) is 171 cm³/mol. The smallest absolute Gasteiger partial charge is 0.131 e. The molecule has 0 bridgehead atoms. The molecule has 198 valence electrons. The first-order valence-corrected chi connectivity index (χ1v) is 14.9. The van der Waals surface area contributed by atoms with Gasteiger partial charge in [0.15, 0.2) is 0 Å². The molecule has 0 aromatic heterocycles. The zero-order valence-electron chi connectivity index (χ0n) is 22.3. The van der Waals surface area contributed by atoms with Gasteiger partial charge in [0.25, 0.3) is 0 Å². The first kappa shape index (κ1) is 24.2. The summed E-state index contributed by atoms with van der Waals surface area (Å²) in [4.78, 5) is 6.42. The average Bonchev–Trinajstić information content (AvgIpc) is 3.50. The van der Waals surface area contributed by atoms with Gasteiger partial charge in [-0.05, 0) is 51.0 Å². The second-order valence-corrected chi connectivity index (χ2v) is 11.7. The van der Waals surface area contributed by atoms with E-state index in [-0.39, 0.29) is 17.7 Å². The molecule has 3 N–H and O–H groups in total. The lowest BCUT2D eigenvalue weighted by molar-refractivity contribution is 0.409. The van der Waals surface area contributed by atoms with Crippen molar-refractivity contribution in [3.05, 3.63) is 156 Å². The Morgan fingerprint density at radius 2 is 1.27 bits per heavy atom. The lowest BCUT2D eigenvalue weighted by Gasteiger charge is -2.32. The second-order valence-electron chi connectivity index (χ2n) is 10.6. The van der Waals surface area contributed by atoms with Crippen molar-refractivity contribution in [3.63, 3.8) is 0 Å². The number of rotatable bonds is 4. The molecule has 0 radical (unpaired) electrons. The molecule has 0 fully saturated rings. The summed E-state index contributed by atoms with van der Waals surface area (Å²) in [7, 11) is 0. The van der Waals surface area contributed by atoms with Gasteiger partial charge in [-0.1, -0.05) is 127 Å². The number of anilines is 1. The Kier molecular flexibility index (Phi) is 5.98. The summed E-state index contributed by atoms with van der Waals surface area (Å²) in [6.07, 6.45) is -0.229. The molecule has 8 rings (SSSR count). The first-order valence-electron chi connectivity index (χ1n) is 14.0.